The maximum atomic E-state index is 16.0. The largest absolute Gasteiger partial charge is 0.306 e. The van der Waals surface area contributed by atoms with Crippen LogP contribution in [0, 0.1) is 23.3 Å². The summed E-state index contributed by atoms with van der Waals surface area (Å²) in [6.07, 6.45) is 0. The van der Waals surface area contributed by atoms with Crippen LogP contribution in [-0.4, -0.2) is 0 Å². The Bertz CT molecular complexity index is 2860. The van der Waals surface area contributed by atoms with E-state index in [2.05, 4.69) is 0 Å². The molecule has 258 valence electrons. The molecule has 54 heavy (non-hydrogen) atoms. The van der Waals surface area contributed by atoms with Gasteiger partial charge in [0.15, 0.2) is 0 Å². The molecule has 0 N–H and O–H groups in total. The van der Waals surface area contributed by atoms with Gasteiger partial charge >= 0.3 is 0 Å². The van der Waals surface area contributed by atoms with Gasteiger partial charge in [0.2, 0.25) is 0 Å². The van der Waals surface area contributed by atoms with Gasteiger partial charge in [0.1, 0.15) is 23.3 Å². The minimum atomic E-state index is -0.569. The fourth-order valence-corrected chi connectivity index (χ4v) is 8.06. The predicted octanol–water partition coefficient (Wildman–Crippen LogP) is 14.4. The van der Waals surface area contributed by atoms with Gasteiger partial charge in [-0.1, -0.05) is 109 Å². The highest BCUT2D eigenvalue weighted by Gasteiger charge is 2.26. The third kappa shape index (κ3) is 4.95. The molecule has 10 aromatic rings. The van der Waals surface area contributed by atoms with Crippen LogP contribution in [0.5, 0.6) is 0 Å². The molecule has 0 unspecified atom stereocenters. The molecule has 0 spiro atoms. The van der Waals surface area contributed by atoms with Gasteiger partial charge in [0.05, 0.1) is 34.1 Å². The molecule has 0 aliphatic heterocycles. The topological polar surface area (TPSA) is 6.48 Å². The summed E-state index contributed by atoms with van der Waals surface area (Å²) < 4.78 is 61.9. The van der Waals surface area contributed by atoms with Gasteiger partial charge in [-0.05, 0) is 80.8 Å². The maximum Gasteiger partial charge on any atom is 0.147 e. The molecule has 0 atom stereocenters. The first kappa shape index (κ1) is 31.8. The van der Waals surface area contributed by atoms with Crippen molar-refractivity contribution in [1.82, 2.24) is 0 Å². The van der Waals surface area contributed by atoms with Crippen LogP contribution < -0.4 is 9.80 Å². The zero-order valence-corrected chi connectivity index (χ0v) is 28.6. The highest BCUT2D eigenvalue weighted by atomic mass is 19.1. The summed E-state index contributed by atoms with van der Waals surface area (Å²) in [5.41, 5.74) is 2.85. The summed E-state index contributed by atoms with van der Waals surface area (Å²) in [4.78, 5) is 3.58. The smallest absolute Gasteiger partial charge is 0.147 e. The highest BCUT2D eigenvalue weighted by molar-refractivity contribution is 6.28. The number of halogens is 4. The summed E-state index contributed by atoms with van der Waals surface area (Å²) in [6.45, 7) is 0. The highest BCUT2D eigenvalue weighted by Crippen LogP contribution is 2.49. The Labute approximate surface area is 307 Å². The zero-order valence-electron chi connectivity index (χ0n) is 28.6. The van der Waals surface area contributed by atoms with Crippen molar-refractivity contribution in [3.63, 3.8) is 0 Å². The molecule has 0 aliphatic rings. The lowest BCUT2D eigenvalue weighted by Crippen LogP contribution is -2.14. The third-order valence-corrected chi connectivity index (χ3v) is 10.4. The molecule has 10 rings (SSSR count). The van der Waals surface area contributed by atoms with E-state index in [1.165, 1.54) is 12.1 Å². The van der Waals surface area contributed by atoms with Crippen LogP contribution in [0.4, 0.5) is 51.7 Å². The Hall–Kier alpha value is -6.92. The molecule has 0 saturated carbocycles. The summed E-state index contributed by atoms with van der Waals surface area (Å²) in [5.74, 6) is -2.26. The SMILES string of the molecule is Fc1ccc(F)c(N(c2cccc3ccccc23)c2ccc3ccc4c(N(c5cc(F)ccc5F)c5cccc6ccccc56)ccc5ccc2c3c54)c1. The Morgan fingerprint density at radius 1 is 0.278 bits per heavy atom. The van der Waals surface area contributed by atoms with E-state index in [9.17, 15) is 8.78 Å². The van der Waals surface area contributed by atoms with E-state index in [4.69, 9.17) is 0 Å². The minimum Gasteiger partial charge on any atom is -0.306 e. The van der Waals surface area contributed by atoms with Crippen molar-refractivity contribution in [2.24, 2.45) is 0 Å². The van der Waals surface area contributed by atoms with Crippen molar-refractivity contribution in [1.29, 1.82) is 0 Å². The van der Waals surface area contributed by atoms with Crippen molar-refractivity contribution in [2.75, 3.05) is 9.80 Å². The summed E-state index contributed by atoms with van der Waals surface area (Å²) in [5, 5.41) is 8.98. The zero-order chi connectivity index (χ0) is 36.5. The van der Waals surface area contributed by atoms with E-state index < -0.39 is 23.3 Å². The number of benzene rings is 10. The second kappa shape index (κ2) is 12.3. The molecule has 0 radical (unpaired) electrons. The molecule has 0 amide bonds. The van der Waals surface area contributed by atoms with E-state index in [1.54, 1.807) is 9.80 Å². The average Bonchev–Trinajstić information content (AvgIpc) is 3.20. The molecule has 10 aromatic carbocycles. The Balaban J connectivity index is 1.29. The first-order chi connectivity index (χ1) is 26.4. The lowest BCUT2D eigenvalue weighted by molar-refractivity contribution is 0.601. The van der Waals surface area contributed by atoms with E-state index in [-0.39, 0.29) is 11.4 Å². The molecule has 0 heterocycles. The van der Waals surface area contributed by atoms with Gasteiger partial charge in [-0.15, -0.1) is 0 Å². The second-order valence-electron chi connectivity index (χ2n) is 13.5. The lowest BCUT2D eigenvalue weighted by Gasteiger charge is -2.30. The Morgan fingerprint density at radius 3 is 1.13 bits per heavy atom. The number of anilines is 6. The number of hydrogen-bond acceptors (Lipinski definition) is 2. The van der Waals surface area contributed by atoms with Crippen LogP contribution in [0.1, 0.15) is 0 Å². The van der Waals surface area contributed by atoms with E-state index in [0.29, 0.717) is 22.7 Å². The van der Waals surface area contributed by atoms with Crippen LogP contribution in [0.2, 0.25) is 0 Å². The second-order valence-corrected chi connectivity index (χ2v) is 13.5. The van der Waals surface area contributed by atoms with E-state index >= 15 is 8.78 Å². The Kier molecular flexibility index (Phi) is 7.27. The van der Waals surface area contributed by atoms with Crippen LogP contribution in [0.15, 0.2) is 170 Å². The van der Waals surface area contributed by atoms with Crippen molar-refractivity contribution in [3.8, 4) is 0 Å². The predicted molar refractivity (Wildman–Crippen MR) is 214 cm³/mol. The average molecular weight is 709 g/mol. The lowest BCUT2D eigenvalue weighted by atomic mass is 9.91. The van der Waals surface area contributed by atoms with Gasteiger partial charge in [0, 0.05) is 33.7 Å². The van der Waals surface area contributed by atoms with Crippen molar-refractivity contribution < 1.29 is 17.6 Å². The van der Waals surface area contributed by atoms with Crippen LogP contribution in [0.3, 0.4) is 0 Å². The summed E-state index contributed by atoms with van der Waals surface area (Å²) in [7, 11) is 0. The van der Waals surface area contributed by atoms with Crippen molar-refractivity contribution >= 4 is 88.0 Å². The number of hydrogen-bond donors (Lipinski definition) is 0. The van der Waals surface area contributed by atoms with E-state index in [1.807, 2.05) is 133 Å². The normalized spacial score (nSPS) is 11.7. The minimum absolute atomic E-state index is 0.0748. The fraction of sp³-hybridized carbons (Fsp3) is 0. The van der Waals surface area contributed by atoms with Gasteiger partial charge in [0.25, 0.3) is 0 Å². The van der Waals surface area contributed by atoms with Gasteiger partial charge in [-0.25, -0.2) is 17.6 Å². The van der Waals surface area contributed by atoms with Gasteiger partial charge in [-0.2, -0.15) is 0 Å². The molecular formula is C48H28F4N2. The maximum absolute atomic E-state index is 16.0. The van der Waals surface area contributed by atoms with E-state index in [0.717, 1.165) is 78.1 Å². The molecule has 2 nitrogen and oxygen atoms in total. The van der Waals surface area contributed by atoms with Crippen molar-refractivity contribution in [3.05, 3.63) is 193 Å². The van der Waals surface area contributed by atoms with Crippen LogP contribution in [-0.2, 0) is 0 Å². The van der Waals surface area contributed by atoms with Crippen LogP contribution >= 0.6 is 0 Å². The number of fused-ring (bicyclic) bond motifs is 2. The van der Waals surface area contributed by atoms with Gasteiger partial charge in [-0.3, -0.25) is 0 Å². The number of nitrogens with zero attached hydrogens (tertiary/aromatic N) is 2. The third-order valence-electron chi connectivity index (χ3n) is 10.4. The monoisotopic (exact) mass is 708 g/mol. The first-order valence-electron chi connectivity index (χ1n) is 17.6. The molecule has 6 heteroatoms. The summed E-state index contributed by atoms with van der Waals surface area (Å²) >= 11 is 0. The Morgan fingerprint density at radius 2 is 0.667 bits per heavy atom. The van der Waals surface area contributed by atoms with Crippen molar-refractivity contribution in [2.45, 2.75) is 0 Å². The van der Waals surface area contributed by atoms with Crippen LogP contribution in [0.25, 0.3) is 53.9 Å². The molecule has 0 bridgehead atoms. The molecular weight excluding hydrogens is 681 g/mol. The molecule has 0 aliphatic carbocycles. The quantitative estimate of drug-likeness (QED) is 0.125. The molecule has 0 saturated heterocycles. The first-order valence-corrected chi connectivity index (χ1v) is 17.6. The summed E-state index contributed by atoms with van der Waals surface area (Å²) in [6, 6.07) is 50.3. The van der Waals surface area contributed by atoms with Gasteiger partial charge < -0.3 is 9.80 Å². The molecule has 0 aromatic heterocycles. The number of rotatable bonds is 6. The standard InChI is InChI=1S/C48H28F4N2/c49-33-19-23-39(51)45(27-33)53(41-13-5-9-29-7-1-3-11-35(29)41)43-25-17-31-16-22-38-44(26-18-32-15-21-37(43)47(31)48(32)38)54(46-28-34(50)20-24-40(46)52)42-14-6-10-30-8-2-4-12-36(30)42/h1-28H. The fourth-order valence-electron chi connectivity index (χ4n) is 8.06. The molecule has 0 fully saturated rings.